The highest BCUT2D eigenvalue weighted by Gasteiger charge is 2.44. The lowest BCUT2D eigenvalue weighted by Gasteiger charge is -2.21. The van der Waals surface area contributed by atoms with E-state index in [9.17, 15) is 52.1 Å². The largest absolute Gasteiger partial charge is 0.507 e. The number of aromatic hydroxyl groups is 1. The molecule has 0 radical (unpaired) electrons. The van der Waals surface area contributed by atoms with Gasteiger partial charge in [-0.3, -0.25) is 9.59 Å². The molecule has 3 heterocycles. The van der Waals surface area contributed by atoms with Crippen LogP contribution in [0.4, 0.5) is 17.6 Å². The van der Waals surface area contributed by atoms with Crippen molar-refractivity contribution in [1.82, 2.24) is 0 Å². The van der Waals surface area contributed by atoms with E-state index in [1.807, 2.05) is 0 Å². The number of phenols is 1. The second-order valence-corrected chi connectivity index (χ2v) is 15.4. The minimum Gasteiger partial charge on any atom is -0.507 e. The lowest BCUT2D eigenvalue weighted by molar-refractivity contribution is -0.152. The molecule has 0 bridgehead atoms. The monoisotopic (exact) mass is 908 g/mol. The van der Waals surface area contributed by atoms with Crippen LogP contribution in [0.15, 0.2) is 60.7 Å². The Balaban J connectivity index is 0.000000286. The average Bonchev–Trinajstić information content (AvgIpc) is 3.52. The predicted octanol–water partition coefficient (Wildman–Crippen LogP) is 6.95. The normalized spacial score (nSPS) is 28.4. The van der Waals surface area contributed by atoms with E-state index in [-0.39, 0.29) is 70.8 Å². The molecule has 3 aliphatic rings. The maximum Gasteiger partial charge on any atom is 0.387 e. The van der Waals surface area contributed by atoms with Gasteiger partial charge in [0.25, 0.3) is 0 Å². The third kappa shape index (κ3) is 14.2. The summed E-state index contributed by atoms with van der Waals surface area (Å²) in [4.78, 5) is 50.5. The summed E-state index contributed by atoms with van der Waals surface area (Å²) in [6, 6.07) is 4.44. The second-order valence-electron chi connectivity index (χ2n) is 15.4. The molecule has 2 aromatic carbocycles. The smallest absolute Gasteiger partial charge is 0.387 e. The molecule has 5 rings (SSSR count). The number of halogens is 4. The molecular weight excluding hydrogens is 856 g/mol. The highest BCUT2D eigenvalue weighted by molar-refractivity contribution is 5.98. The number of fused-ring (bicyclic) bond motifs is 3. The summed E-state index contributed by atoms with van der Waals surface area (Å²) >= 11 is 0. The zero-order valence-corrected chi connectivity index (χ0v) is 36.1. The fraction of sp³-hybridized carbons (Fsp3) is 0.467. The quantitative estimate of drug-likeness (QED) is 0.146. The van der Waals surface area contributed by atoms with Crippen LogP contribution in [0, 0.1) is 11.8 Å². The summed E-state index contributed by atoms with van der Waals surface area (Å²) in [6.07, 6.45) is 5.63. The number of phenolic OH excluding ortho intramolecular Hbond substituents is 1. The Hall–Kier alpha value is -5.60. The van der Waals surface area contributed by atoms with Crippen molar-refractivity contribution < 1.29 is 90.0 Å². The minimum absolute atomic E-state index is 0.00567. The molecule has 3 N–H and O–H groups in total. The molecule has 0 amide bonds. The number of aliphatic hydroxyl groups excluding tert-OH is 2. The molecule has 8 atom stereocenters. The van der Waals surface area contributed by atoms with Crippen molar-refractivity contribution in [3.05, 3.63) is 83.0 Å². The van der Waals surface area contributed by atoms with E-state index >= 15 is 0 Å². The molecule has 2 aromatic rings. The van der Waals surface area contributed by atoms with E-state index in [2.05, 4.69) is 9.47 Å². The minimum atomic E-state index is -3.14. The van der Waals surface area contributed by atoms with Gasteiger partial charge in [0.2, 0.25) is 0 Å². The van der Waals surface area contributed by atoms with E-state index in [0.717, 1.165) is 18.2 Å². The van der Waals surface area contributed by atoms with Crippen LogP contribution in [0.3, 0.4) is 0 Å². The topological polar surface area (TPSA) is 203 Å². The number of alkyl halides is 4. The van der Waals surface area contributed by atoms with E-state index < -0.39 is 85.0 Å². The zero-order valence-electron chi connectivity index (χ0n) is 36.1. The van der Waals surface area contributed by atoms with Crippen LogP contribution in [0.5, 0.6) is 23.0 Å². The van der Waals surface area contributed by atoms with Crippen molar-refractivity contribution in [2.24, 2.45) is 11.8 Å². The van der Waals surface area contributed by atoms with Crippen LogP contribution in [-0.4, -0.2) is 108 Å². The summed E-state index contributed by atoms with van der Waals surface area (Å²) in [5, 5.41) is 30.1. The SMILES string of the molecule is COCOc1cc(OC(F)F)cc2c1C(=O)O[C@@H](C)[C@H](C)/C=C\C(=O)[C@H]1OC(C)(C)O[C@H]1C/C=C/2.C[C@@H]1/C=C\C(=O)C(O)C(O)C/C=C/c2cc(OC(F)F)cc(O)c2C(=O)O[C@H]1C. The van der Waals surface area contributed by atoms with Crippen molar-refractivity contribution in [3.8, 4) is 23.0 Å². The number of hydrogen-bond donors (Lipinski definition) is 3. The van der Waals surface area contributed by atoms with E-state index in [1.165, 1.54) is 43.5 Å². The Morgan fingerprint density at radius 1 is 0.719 bits per heavy atom. The molecule has 0 aliphatic carbocycles. The molecule has 0 aromatic heterocycles. The van der Waals surface area contributed by atoms with Gasteiger partial charge in [-0.15, -0.1) is 0 Å². The van der Waals surface area contributed by atoms with Crippen LogP contribution >= 0.6 is 0 Å². The van der Waals surface area contributed by atoms with Crippen LogP contribution in [0.25, 0.3) is 12.2 Å². The average molecular weight is 909 g/mol. The van der Waals surface area contributed by atoms with Crippen molar-refractivity contribution in [3.63, 3.8) is 0 Å². The molecule has 3 aliphatic heterocycles. The third-order valence-corrected chi connectivity index (χ3v) is 10.1. The predicted molar refractivity (Wildman–Crippen MR) is 220 cm³/mol. The summed E-state index contributed by atoms with van der Waals surface area (Å²) < 4.78 is 92.9. The maximum absolute atomic E-state index is 13.2. The van der Waals surface area contributed by atoms with E-state index in [0.29, 0.717) is 0 Å². The Labute approximate surface area is 366 Å². The molecule has 350 valence electrons. The molecule has 19 heteroatoms. The first-order valence-corrected chi connectivity index (χ1v) is 20.1. The fourth-order valence-electron chi connectivity index (χ4n) is 6.42. The lowest BCUT2D eigenvalue weighted by atomic mass is 9.99. The second kappa shape index (κ2) is 22.8. The van der Waals surface area contributed by atoms with E-state index in [1.54, 1.807) is 59.8 Å². The number of carbonyl (C=O) groups is 4. The number of rotatable bonds is 7. The van der Waals surface area contributed by atoms with Crippen molar-refractivity contribution in [2.45, 2.75) is 110 Å². The van der Waals surface area contributed by atoms with Crippen molar-refractivity contribution in [2.75, 3.05) is 13.9 Å². The highest BCUT2D eigenvalue weighted by atomic mass is 19.3. The maximum atomic E-state index is 13.2. The Kier molecular flexibility index (Phi) is 18.2. The number of cyclic esters (lactones) is 2. The molecule has 2 unspecified atom stereocenters. The molecular formula is C45H52F4O15. The summed E-state index contributed by atoms with van der Waals surface area (Å²) in [7, 11) is 1.38. The standard InChI is InChI=1S/C25H30F2O8.C20H22F2O7/c1-14-9-10-18(28)22-19(34-25(3,4)35-22)8-6-7-16-11-17(33-24(26)27)12-20(31-13-30-5)21(16)23(29)32-15(14)2;1-10-6-7-15(24)18(26)14(23)5-3-4-12-8-13(29-20(21)22)9-16(25)17(12)19(27)28-11(10)2/h6-7,9-12,14-15,19,22,24H,8,13H2,1-5H3;3-4,6-11,14,18,20,23,25-26H,5H2,1-2H3/b7-6+,10-9-;4-3+,7-6-/t14-,15+,19+,22-;10-,11+,14?,18?/m11/s1. The van der Waals surface area contributed by atoms with Crippen LogP contribution in [0.1, 0.15) is 86.2 Å². The molecule has 15 nitrogen and oxygen atoms in total. The van der Waals surface area contributed by atoms with Gasteiger partial charge in [0.05, 0.1) is 12.2 Å². The van der Waals surface area contributed by atoms with Gasteiger partial charge in [-0.05, 0) is 75.9 Å². The zero-order chi connectivity index (χ0) is 47.5. The number of benzene rings is 2. The fourth-order valence-corrected chi connectivity index (χ4v) is 6.42. The molecule has 64 heavy (non-hydrogen) atoms. The summed E-state index contributed by atoms with van der Waals surface area (Å²) in [6.45, 7) is 3.69. The first-order valence-electron chi connectivity index (χ1n) is 20.1. The Morgan fingerprint density at radius 3 is 1.80 bits per heavy atom. The first-order chi connectivity index (χ1) is 30.1. The number of ether oxygens (including phenoxy) is 8. The summed E-state index contributed by atoms with van der Waals surface area (Å²) in [5.41, 5.74) is -0.00972. The Bertz CT molecular complexity index is 2100. The summed E-state index contributed by atoms with van der Waals surface area (Å²) in [5.74, 6) is -5.55. The first kappa shape index (κ1) is 51.0. The van der Waals surface area contributed by atoms with Gasteiger partial charge in [0.15, 0.2) is 24.1 Å². The Morgan fingerprint density at radius 2 is 1.23 bits per heavy atom. The van der Waals surface area contributed by atoms with Gasteiger partial charge < -0.3 is 53.2 Å². The molecule has 0 spiro atoms. The number of hydrogen-bond acceptors (Lipinski definition) is 15. The molecule has 1 fully saturated rings. The number of esters is 2. The third-order valence-electron chi connectivity index (χ3n) is 10.1. The van der Waals surface area contributed by atoms with Crippen LogP contribution in [0.2, 0.25) is 0 Å². The number of ketones is 2. The van der Waals surface area contributed by atoms with Gasteiger partial charge in [0.1, 0.15) is 58.5 Å². The van der Waals surface area contributed by atoms with Crippen LogP contribution < -0.4 is 14.2 Å². The molecule has 0 saturated carbocycles. The van der Waals surface area contributed by atoms with E-state index in [4.69, 9.17) is 28.4 Å². The van der Waals surface area contributed by atoms with Crippen molar-refractivity contribution >= 4 is 35.7 Å². The lowest BCUT2D eigenvalue weighted by Crippen LogP contribution is -2.32. The van der Waals surface area contributed by atoms with Gasteiger partial charge >= 0.3 is 25.2 Å². The number of methoxy groups -OCH3 is 1. The highest BCUT2D eigenvalue weighted by Crippen LogP contribution is 2.36. The van der Waals surface area contributed by atoms with Gasteiger partial charge in [0, 0.05) is 31.1 Å². The molecule has 1 saturated heterocycles. The van der Waals surface area contributed by atoms with Crippen LogP contribution in [-0.2, 0) is 33.3 Å². The number of aliphatic hydroxyl groups is 2. The van der Waals surface area contributed by atoms with Gasteiger partial charge in [-0.1, -0.05) is 50.3 Å². The van der Waals surface area contributed by atoms with Gasteiger partial charge in [-0.2, -0.15) is 17.6 Å². The van der Waals surface area contributed by atoms with Gasteiger partial charge in [-0.25, -0.2) is 9.59 Å². The number of carbonyl (C=O) groups excluding carboxylic acids is 4. The van der Waals surface area contributed by atoms with Crippen molar-refractivity contribution in [1.29, 1.82) is 0 Å².